The fraction of sp³-hybridized carbons (Fsp3) is 0.235. The summed E-state index contributed by atoms with van der Waals surface area (Å²) in [6.07, 6.45) is 0.882. The first kappa shape index (κ1) is 14.9. The van der Waals surface area contributed by atoms with Crippen LogP contribution in [-0.4, -0.2) is 19.1 Å². The highest BCUT2D eigenvalue weighted by molar-refractivity contribution is 6.31. The number of benzene rings is 2. The second-order valence-electron chi connectivity index (χ2n) is 5.46. The number of rotatable bonds is 3. The van der Waals surface area contributed by atoms with Gasteiger partial charge in [0.25, 0.3) is 0 Å². The highest BCUT2D eigenvalue weighted by Gasteiger charge is 2.41. The molecular weight excluding hydrogens is 303 g/mol. The van der Waals surface area contributed by atoms with Crippen LogP contribution in [0, 0.1) is 5.82 Å². The molecule has 5 heteroatoms. The maximum absolute atomic E-state index is 12.9. The number of hydrogen-bond donors (Lipinski definition) is 1. The van der Waals surface area contributed by atoms with Crippen LogP contribution in [-0.2, 0) is 0 Å². The maximum Gasteiger partial charge on any atom is 0.321 e. The fourth-order valence-electron chi connectivity index (χ4n) is 2.51. The minimum absolute atomic E-state index is 0.0929. The molecule has 114 valence electrons. The number of nitrogens with one attached hydrogen (secondary N) is 1. The third-order valence-corrected chi connectivity index (χ3v) is 4.27. The Morgan fingerprint density at radius 2 is 1.91 bits per heavy atom. The molecule has 0 aliphatic heterocycles. The van der Waals surface area contributed by atoms with E-state index >= 15 is 0 Å². The smallest absolute Gasteiger partial charge is 0.321 e. The average molecular weight is 319 g/mol. The first-order valence-electron chi connectivity index (χ1n) is 7.10. The summed E-state index contributed by atoms with van der Waals surface area (Å²) in [4.78, 5) is 13.7. The summed E-state index contributed by atoms with van der Waals surface area (Å²) in [6, 6.07) is 13.4. The van der Waals surface area contributed by atoms with Gasteiger partial charge in [-0.05, 0) is 42.3 Å². The Balaban J connectivity index is 1.61. The minimum atomic E-state index is -0.321. The summed E-state index contributed by atoms with van der Waals surface area (Å²) in [6.45, 7) is 0. The summed E-state index contributed by atoms with van der Waals surface area (Å²) in [5, 5.41) is 3.71. The normalized spacial score (nSPS) is 19.6. The number of hydrogen-bond acceptors (Lipinski definition) is 1. The van der Waals surface area contributed by atoms with Crippen molar-refractivity contribution in [1.29, 1.82) is 0 Å². The Labute approximate surface area is 133 Å². The molecular formula is C17H16ClFN2O. The van der Waals surface area contributed by atoms with Crippen LogP contribution in [0.4, 0.5) is 14.9 Å². The number of amides is 2. The second kappa shape index (κ2) is 5.97. The summed E-state index contributed by atoms with van der Waals surface area (Å²) >= 11 is 6.18. The summed E-state index contributed by atoms with van der Waals surface area (Å²) in [5.74, 6) is -0.0576. The van der Waals surface area contributed by atoms with Crippen molar-refractivity contribution in [3.05, 3.63) is 64.9 Å². The number of nitrogens with zero attached hydrogens (tertiary/aromatic N) is 1. The van der Waals surface area contributed by atoms with E-state index in [-0.39, 0.29) is 23.8 Å². The Morgan fingerprint density at radius 3 is 2.59 bits per heavy atom. The quantitative estimate of drug-likeness (QED) is 0.904. The molecule has 1 fully saturated rings. The lowest BCUT2D eigenvalue weighted by Gasteiger charge is -2.18. The van der Waals surface area contributed by atoms with Crippen molar-refractivity contribution in [2.45, 2.75) is 18.4 Å². The molecule has 22 heavy (non-hydrogen) atoms. The summed E-state index contributed by atoms with van der Waals surface area (Å²) in [7, 11) is 1.66. The molecule has 1 N–H and O–H groups in total. The monoisotopic (exact) mass is 318 g/mol. The van der Waals surface area contributed by atoms with E-state index < -0.39 is 0 Å². The van der Waals surface area contributed by atoms with Gasteiger partial charge in [0.15, 0.2) is 0 Å². The van der Waals surface area contributed by atoms with Gasteiger partial charge in [0.1, 0.15) is 5.82 Å². The van der Waals surface area contributed by atoms with Crippen LogP contribution >= 0.6 is 11.6 Å². The first-order valence-corrected chi connectivity index (χ1v) is 7.48. The van der Waals surface area contributed by atoms with Crippen LogP contribution < -0.4 is 10.2 Å². The molecule has 2 aromatic rings. The molecule has 0 saturated heterocycles. The molecule has 0 bridgehead atoms. The van der Waals surface area contributed by atoms with Crippen LogP contribution in [0.5, 0.6) is 0 Å². The zero-order valence-electron chi connectivity index (χ0n) is 12.1. The van der Waals surface area contributed by atoms with E-state index in [0.29, 0.717) is 5.69 Å². The van der Waals surface area contributed by atoms with Gasteiger partial charge in [0.2, 0.25) is 0 Å². The summed E-state index contributed by atoms with van der Waals surface area (Å²) in [5.41, 5.74) is 1.72. The first-order chi connectivity index (χ1) is 10.6. The van der Waals surface area contributed by atoms with Gasteiger partial charge in [0.05, 0.1) is 0 Å². The number of anilines is 1. The molecule has 1 aliphatic carbocycles. The van der Waals surface area contributed by atoms with Crippen molar-refractivity contribution in [2.24, 2.45) is 0 Å². The van der Waals surface area contributed by atoms with E-state index in [0.717, 1.165) is 17.0 Å². The third kappa shape index (κ3) is 3.07. The topological polar surface area (TPSA) is 32.3 Å². The van der Waals surface area contributed by atoms with Crippen LogP contribution in [0.25, 0.3) is 0 Å². The maximum atomic E-state index is 12.9. The van der Waals surface area contributed by atoms with E-state index in [1.54, 1.807) is 19.2 Å². The van der Waals surface area contributed by atoms with Gasteiger partial charge >= 0.3 is 6.03 Å². The van der Waals surface area contributed by atoms with Gasteiger partial charge < -0.3 is 5.32 Å². The van der Waals surface area contributed by atoms with Crippen molar-refractivity contribution in [3.63, 3.8) is 0 Å². The molecule has 3 nitrogen and oxygen atoms in total. The number of carbonyl (C=O) groups excluding carboxylic acids is 1. The fourth-order valence-corrected chi connectivity index (χ4v) is 2.79. The molecule has 2 aromatic carbocycles. The van der Waals surface area contributed by atoms with Gasteiger partial charge in [-0.2, -0.15) is 0 Å². The van der Waals surface area contributed by atoms with Gasteiger partial charge in [0, 0.05) is 29.7 Å². The molecule has 2 atom stereocenters. The molecule has 1 saturated carbocycles. The molecule has 1 aliphatic rings. The van der Waals surface area contributed by atoms with Crippen molar-refractivity contribution < 1.29 is 9.18 Å². The highest BCUT2D eigenvalue weighted by Crippen LogP contribution is 2.43. The van der Waals surface area contributed by atoms with Crippen LogP contribution in [0.3, 0.4) is 0 Å². The molecule has 0 unspecified atom stereocenters. The largest absolute Gasteiger partial charge is 0.334 e. The van der Waals surface area contributed by atoms with E-state index in [2.05, 4.69) is 5.32 Å². The molecule has 0 spiro atoms. The predicted octanol–water partition coefficient (Wildman–Crippen LogP) is 4.18. The Bertz CT molecular complexity index is 689. The van der Waals surface area contributed by atoms with Crippen molar-refractivity contribution in [2.75, 3.05) is 11.9 Å². The van der Waals surface area contributed by atoms with Gasteiger partial charge in [-0.3, -0.25) is 4.90 Å². The number of carbonyl (C=O) groups is 1. The predicted molar refractivity (Wildman–Crippen MR) is 85.9 cm³/mol. The van der Waals surface area contributed by atoms with Crippen molar-refractivity contribution >= 4 is 23.3 Å². The summed E-state index contributed by atoms with van der Waals surface area (Å²) < 4.78 is 12.9. The minimum Gasteiger partial charge on any atom is -0.334 e. The SMILES string of the molecule is CN(C(=O)N[C@@H]1C[C@H]1c1ccccc1Cl)c1ccc(F)cc1. The second-order valence-corrected chi connectivity index (χ2v) is 5.86. The van der Waals surface area contributed by atoms with E-state index in [1.165, 1.54) is 17.0 Å². The van der Waals surface area contributed by atoms with Crippen molar-refractivity contribution in [3.8, 4) is 0 Å². The lowest BCUT2D eigenvalue weighted by atomic mass is 10.1. The van der Waals surface area contributed by atoms with E-state index in [1.807, 2.05) is 24.3 Å². The van der Waals surface area contributed by atoms with Crippen LogP contribution in [0.15, 0.2) is 48.5 Å². The molecule has 2 amide bonds. The van der Waals surface area contributed by atoms with Gasteiger partial charge in [-0.25, -0.2) is 9.18 Å². The van der Waals surface area contributed by atoms with Gasteiger partial charge in [-0.15, -0.1) is 0 Å². The zero-order chi connectivity index (χ0) is 15.7. The van der Waals surface area contributed by atoms with Crippen molar-refractivity contribution in [1.82, 2.24) is 5.32 Å². The molecule has 0 heterocycles. The zero-order valence-corrected chi connectivity index (χ0v) is 12.8. The highest BCUT2D eigenvalue weighted by atomic mass is 35.5. The third-order valence-electron chi connectivity index (χ3n) is 3.92. The standard InChI is InChI=1S/C17H16ClFN2O/c1-21(12-8-6-11(19)7-9-12)17(22)20-16-10-14(16)13-4-2-3-5-15(13)18/h2-9,14,16H,10H2,1H3,(H,20,22)/t14-,16+/m0/s1. The van der Waals surface area contributed by atoms with Crippen LogP contribution in [0.2, 0.25) is 5.02 Å². The average Bonchev–Trinajstić information content (AvgIpc) is 3.26. The van der Waals surface area contributed by atoms with Crippen LogP contribution in [0.1, 0.15) is 17.9 Å². The molecule has 0 radical (unpaired) electrons. The molecule has 0 aromatic heterocycles. The number of halogens is 2. The van der Waals surface area contributed by atoms with E-state index in [9.17, 15) is 9.18 Å². The van der Waals surface area contributed by atoms with E-state index in [4.69, 9.17) is 11.6 Å². The van der Waals surface area contributed by atoms with Gasteiger partial charge in [-0.1, -0.05) is 29.8 Å². The Kier molecular flexibility index (Phi) is 4.03. The molecule has 3 rings (SSSR count). The number of urea groups is 1. The lowest BCUT2D eigenvalue weighted by molar-refractivity contribution is 0.247. The lowest BCUT2D eigenvalue weighted by Crippen LogP contribution is -2.39. The Morgan fingerprint density at radius 1 is 1.23 bits per heavy atom. The Hall–Kier alpha value is -2.07.